The van der Waals surface area contributed by atoms with Crippen LogP contribution in [0.2, 0.25) is 0 Å². The fraction of sp³-hybridized carbons (Fsp3) is 0.750. The van der Waals surface area contributed by atoms with Gasteiger partial charge >= 0.3 is 32.7 Å². The van der Waals surface area contributed by atoms with Crippen LogP contribution in [0.4, 0.5) is 0 Å². The van der Waals surface area contributed by atoms with Gasteiger partial charge in [-0.1, -0.05) is 13.3 Å². The SMILES string of the molecule is [CH2-]CCC.[O-2].[Y+3]. The van der Waals surface area contributed by atoms with E-state index in [1.807, 2.05) is 0 Å². The molecule has 0 aromatic carbocycles. The van der Waals surface area contributed by atoms with E-state index in [9.17, 15) is 0 Å². The van der Waals surface area contributed by atoms with Gasteiger partial charge in [-0.3, -0.25) is 0 Å². The zero-order valence-electron chi connectivity index (χ0n) is 4.11. The molecule has 1 nitrogen and oxygen atoms in total. The summed E-state index contributed by atoms with van der Waals surface area (Å²) in [6.45, 7) is 5.72. The standard InChI is InChI=1S/C4H9.O.Y/c1-3-4-2;;/h1,3-4H2,2H3;;/q-1;-2;+3. The topological polar surface area (TPSA) is 28.5 Å². The molecule has 0 radical (unpaired) electrons. The third-order valence-electron chi connectivity index (χ3n) is 0.354. The van der Waals surface area contributed by atoms with Crippen LogP contribution in [-0.2, 0) is 38.2 Å². The van der Waals surface area contributed by atoms with E-state index in [1.165, 1.54) is 6.42 Å². The van der Waals surface area contributed by atoms with Gasteiger partial charge < -0.3 is 12.4 Å². The van der Waals surface area contributed by atoms with Crippen LogP contribution in [-0.4, -0.2) is 0 Å². The van der Waals surface area contributed by atoms with Crippen molar-refractivity contribution >= 4 is 0 Å². The summed E-state index contributed by atoms with van der Waals surface area (Å²) in [5.74, 6) is 0. The van der Waals surface area contributed by atoms with Crippen molar-refractivity contribution in [3.63, 3.8) is 0 Å². The first-order valence-electron chi connectivity index (χ1n) is 1.71. The fourth-order valence-corrected chi connectivity index (χ4v) is 0. The molecule has 34 valence electrons. The molecule has 6 heavy (non-hydrogen) atoms. The van der Waals surface area contributed by atoms with Gasteiger partial charge in [-0.15, -0.1) is 0 Å². The Morgan fingerprint density at radius 3 is 1.67 bits per heavy atom. The van der Waals surface area contributed by atoms with E-state index < -0.39 is 0 Å². The van der Waals surface area contributed by atoms with Gasteiger partial charge in [-0.25, -0.2) is 0 Å². The third-order valence-corrected chi connectivity index (χ3v) is 0.354. The molecule has 0 saturated heterocycles. The monoisotopic (exact) mass is 162 g/mol. The minimum atomic E-state index is 0. The first-order valence-corrected chi connectivity index (χ1v) is 1.71. The predicted octanol–water partition coefficient (Wildman–Crippen LogP) is 1.50. The summed E-state index contributed by atoms with van der Waals surface area (Å²) in [4.78, 5) is 0. The van der Waals surface area contributed by atoms with Crippen LogP contribution in [0.25, 0.3) is 0 Å². The van der Waals surface area contributed by atoms with Crippen molar-refractivity contribution in [2.75, 3.05) is 0 Å². The summed E-state index contributed by atoms with van der Waals surface area (Å²) in [5, 5.41) is 0. The van der Waals surface area contributed by atoms with Gasteiger partial charge in [-0.2, -0.15) is 6.42 Å². The molecule has 0 aliphatic carbocycles. The molecule has 0 fully saturated rings. The molecule has 0 saturated carbocycles. The zero-order valence-corrected chi connectivity index (χ0v) is 6.95. The number of rotatable bonds is 1. The van der Waals surface area contributed by atoms with Crippen LogP contribution < -0.4 is 0 Å². The van der Waals surface area contributed by atoms with Crippen molar-refractivity contribution in [2.24, 2.45) is 0 Å². The zero-order chi connectivity index (χ0) is 3.41. The second-order valence-corrected chi connectivity index (χ2v) is 0.854. The smallest absolute Gasteiger partial charge is 2.00 e. The van der Waals surface area contributed by atoms with Crippen LogP contribution in [0.3, 0.4) is 0 Å². The van der Waals surface area contributed by atoms with Crippen LogP contribution in [0.5, 0.6) is 0 Å². The van der Waals surface area contributed by atoms with Gasteiger partial charge in [0.1, 0.15) is 0 Å². The average Bonchev–Trinajstić information content (AvgIpc) is 1.37. The molecule has 0 heterocycles. The van der Waals surface area contributed by atoms with Crippen molar-refractivity contribution in [1.29, 1.82) is 0 Å². The Hall–Kier alpha value is 1.06. The van der Waals surface area contributed by atoms with Crippen LogP contribution in [0, 0.1) is 6.92 Å². The maximum Gasteiger partial charge on any atom is 3.00 e. The maximum absolute atomic E-state index is 3.60. The van der Waals surface area contributed by atoms with Gasteiger partial charge in [0.25, 0.3) is 0 Å². The van der Waals surface area contributed by atoms with Gasteiger partial charge in [0.05, 0.1) is 0 Å². The van der Waals surface area contributed by atoms with Crippen molar-refractivity contribution < 1.29 is 38.2 Å². The molecule has 0 aliphatic rings. The summed E-state index contributed by atoms with van der Waals surface area (Å²) in [7, 11) is 0. The number of hydrogen-bond acceptors (Lipinski definition) is 0. The van der Waals surface area contributed by atoms with Gasteiger partial charge in [-0.05, 0) is 0 Å². The molecule has 0 atom stereocenters. The first kappa shape index (κ1) is 15.7. The molecule has 0 rings (SSSR count). The van der Waals surface area contributed by atoms with Crippen LogP contribution in [0.1, 0.15) is 19.8 Å². The Labute approximate surface area is 64.7 Å². The molecule has 0 spiro atoms. The van der Waals surface area contributed by atoms with Gasteiger partial charge in [0, 0.05) is 0 Å². The molecular weight excluding hydrogens is 153 g/mol. The fourth-order valence-electron chi connectivity index (χ4n) is 0. The Balaban J connectivity index is -0.0000000450. The minimum Gasteiger partial charge on any atom is -2.00 e. The predicted molar refractivity (Wildman–Crippen MR) is 21.0 cm³/mol. The Bertz CT molecular complexity index is 9.51. The normalized spacial score (nSPS) is 5.00. The van der Waals surface area contributed by atoms with Crippen LogP contribution >= 0.6 is 0 Å². The third kappa shape index (κ3) is 19.6. The molecular formula is C4H9OY. The average molecular weight is 162 g/mol. The second kappa shape index (κ2) is 16.6. The minimum absolute atomic E-state index is 0. The Morgan fingerprint density at radius 2 is 1.67 bits per heavy atom. The molecule has 0 N–H and O–H groups in total. The second-order valence-electron chi connectivity index (χ2n) is 0.854. The molecule has 0 aliphatic heterocycles. The van der Waals surface area contributed by atoms with Crippen LogP contribution in [0.15, 0.2) is 0 Å². The summed E-state index contributed by atoms with van der Waals surface area (Å²) >= 11 is 0. The number of hydrogen-bond donors (Lipinski definition) is 0. The summed E-state index contributed by atoms with van der Waals surface area (Å²) in [5.41, 5.74) is 0. The van der Waals surface area contributed by atoms with Crippen molar-refractivity contribution in [1.82, 2.24) is 0 Å². The molecule has 2 heteroatoms. The van der Waals surface area contributed by atoms with Crippen molar-refractivity contribution in [3.05, 3.63) is 6.92 Å². The van der Waals surface area contributed by atoms with E-state index in [-0.39, 0.29) is 38.2 Å². The molecule has 0 aromatic rings. The van der Waals surface area contributed by atoms with Gasteiger partial charge in [0.15, 0.2) is 0 Å². The van der Waals surface area contributed by atoms with Crippen molar-refractivity contribution in [3.8, 4) is 0 Å². The maximum atomic E-state index is 3.60. The first-order chi connectivity index (χ1) is 1.91. The van der Waals surface area contributed by atoms with E-state index in [0.717, 1.165) is 6.42 Å². The Kier molecular flexibility index (Phi) is 43.4. The molecule has 0 bridgehead atoms. The number of unbranched alkanes of at least 4 members (excludes halogenated alkanes) is 1. The Morgan fingerprint density at radius 1 is 1.50 bits per heavy atom. The largest absolute Gasteiger partial charge is 3.00 e. The molecule has 0 unspecified atom stereocenters. The van der Waals surface area contributed by atoms with E-state index >= 15 is 0 Å². The summed E-state index contributed by atoms with van der Waals surface area (Å²) in [6.07, 6.45) is 2.28. The van der Waals surface area contributed by atoms with E-state index in [2.05, 4.69) is 13.8 Å². The quantitative estimate of drug-likeness (QED) is 0.522. The van der Waals surface area contributed by atoms with E-state index in [1.54, 1.807) is 0 Å². The van der Waals surface area contributed by atoms with Crippen molar-refractivity contribution in [2.45, 2.75) is 19.8 Å². The summed E-state index contributed by atoms with van der Waals surface area (Å²) in [6, 6.07) is 0. The van der Waals surface area contributed by atoms with Gasteiger partial charge in [0.2, 0.25) is 0 Å². The van der Waals surface area contributed by atoms with E-state index in [4.69, 9.17) is 0 Å². The summed E-state index contributed by atoms with van der Waals surface area (Å²) < 4.78 is 0. The molecule has 0 amide bonds. The van der Waals surface area contributed by atoms with E-state index in [0.29, 0.717) is 0 Å². The molecule has 0 aromatic heterocycles.